The minimum Gasteiger partial charge on any atom is -0.493 e. The zero-order valence-electron chi connectivity index (χ0n) is 19.7. The van der Waals surface area contributed by atoms with E-state index in [-0.39, 0.29) is 11.9 Å². The molecule has 2 heterocycles. The van der Waals surface area contributed by atoms with Gasteiger partial charge in [0.25, 0.3) is 0 Å². The molecule has 0 saturated heterocycles. The number of rotatable bonds is 7. The second kappa shape index (κ2) is 9.62. The predicted octanol–water partition coefficient (Wildman–Crippen LogP) is 4.20. The van der Waals surface area contributed by atoms with Crippen molar-refractivity contribution in [3.05, 3.63) is 63.9 Å². The number of fused-ring (bicyclic) bond motifs is 1. The fourth-order valence-electron chi connectivity index (χ4n) is 4.10. The van der Waals surface area contributed by atoms with Crippen molar-refractivity contribution in [3.63, 3.8) is 0 Å². The van der Waals surface area contributed by atoms with Crippen molar-refractivity contribution in [3.8, 4) is 17.2 Å². The minimum absolute atomic E-state index is 0.0248. The van der Waals surface area contributed by atoms with Gasteiger partial charge in [-0.2, -0.15) is 5.10 Å². The molecule has 0 spiro atoms. The van der Waals surface area contributed by atoms with E-state index in [9.17, 15) is 4.39 Å². The number of ether oxygens (including phenoxy) is 2. The highest BCUT2D eigenvalue weighted by molar-refractivity contribution is 7.71. The molecule has 1 atom stereocenters. The van der Waals surface area contributed by atoms with E-state index >= 15 is 0 Å². The molecule has 0 radical (unpaired) electrons. The van der Waals surface area contributed by atoms with Crippen LogP contribution in [0.2, 0.25) is 0 Å². The van der Waals surface area contributed by atoms with Crippen LogP contribution >= 0.6 is 12.2 Å². The average molecular weight is 472 g/mol. The molecule has 1 aliphatic rings. The molecule has 1 aromatic heterocycles. The maximum atomic E-state index is 13.5. The second-order valence-electron chi connectivity index (χ2n) is 8.51. The van der Waals surface area contributed by atoms with Gasteiger partial charge in [0.1, 0.15) is 5.82 Å². The summed E-state index contributed by atoms with van der Waals surface area (Å²) in [5.41, 5.74) is 3.29. The molecule has 33 heavy (non-hydrogen) atoms. The van der Waals surface area contributed by atoms with E-state index in [4.69, 9.17) is 26.8 Å². The van der Waals surface area contributed by atoms with Crippen LogP contribution in [0.15, 0.2) is 36.4 Å². The Bertz CT molecular complexity index is 1190. The van der Waals surface area contributed by atoms with Crippen LogP contribution in [0.4, 0.5) is 4.39 Å². The van der Waals surface area contributed by atoms with Crippen LogP contribution in [0.1, 0.15) is 29.9 Å². The summed E-state index contributed by atoms with van der Waals surface area (Å²) in [6, 6.07) is 10.5. The highest BCUT2D eigenvalue weighted by atomic mass is 32.1. The SMILES string of the molecule is COc1cc2c(cc1OC)CN(Cn1nc(C(C)N(C)C)n(-c3ccc(F)cc3)c1=S)CC2. The Labute approximate surface area is 198 Å². The molecule has 1 unspecified atom stereocenters. The standard InChI is InChI=1S/C24H30FN5O2S/c1-16(27(2)3)23-26-29(24(33)30(23)20-8-6-19(25)7-9-20)15-28-11-10-17-12-21(31-4)22(32-5)13-18(17)14-28/h6-9,12-13,16H,10-11,14-15H2,1-5H3. The van der Waals surface area contributed by atoms with Crippen molar-refractivity contribution in [2.75, 3.05) is 34.9 Å². The van der Waals surface area contributed by atoms with Gasteiger partial charge in [-0.1, -0.05) is 0 Å². The molecule has 9 heteroatoms. The quantitative estimate of drug-likeness (QED) is 0.482. The van der Waals surface area contributed by atoms with Crippen LogP contribution in [0.25, 0.3) is 5.69 Å². The number of benzene rings is 2. The normalized spacial score (nSPS) is 14.9. The molecule has 0 N–H and O–H groups in total. The summed E-state index contributed by atoms with van der Waals surface area (Å²) in [6.07, 6.45) is 0.905. The molecule has 7 nitrogen and oxygen atoms in total. The third kappa shape index (κ3) is 4.66. The lowest BCUT2D eigenvalue weighted by Gasteiger charge is -2.29. The Morgan fingerprint density at radius 3 is 2.33 bits per heavy atom. The van der Waals surface area contributed by atoms with Gasteiger partial charge in [-0.25, -0.2) is 9.07 Å². The molecule has 0 saturated carbocycles. The Balaban J connectivity index is 1.66. The lowest BCUT2D eigenvalue weighted by molar-refractivity contribution is 0.186. The number of halogens is 1. The van der Waals surface area contributed by atoms with E-state index in [1.165, 1.54) is 23.3 Å². The fraction of sp³-hybridized carbons (Fsp3) is 0.417. The largest absolute Gasteiger partial charge is 0.493 e. The first-order valence-corrected chi connectivity index (χ1v) is 11.3. The molecular weight excluding hydrogens is 441 g/mol. The van der Waals surface area contributed by atoms with Gasteiger partial charge < -0.3 is 9.47 Å². The van der Waals surface area contributed by atoms with Gasteiger partial charge in [-0.05, 0) is 87.2 Å². The van der Waals surface area contributed by atoms with Gasteiger partial charge in [0.05, 0.1) is 26.9 Å². The highest BCUT2D eigenvalue weighted by Crippen LogP contribution is 2.33. The van der Waals surface area contributed by atoms with E-state index in [1.807, 2.05) is 23.3 Å². The zero-order valence-corrected chi connectivity index (χ0v) is 20.5. The van der Waals surface area contributed by atoms with Gasteiger partial charge in [-0.15, -0.1) is 0 Å². The third-order valence-electron chi connectivity index (χ3n) is 6.23. The van der Waals surface area contributed by atoms with E-state index in [2.05, 4.69) is 28.9 Å². The number of hydrogen-bond acceptors (Lipinski definition) is 6. The van der Waals surface area contributed by atoms with Crippen molar-refractivity contribution in [2.24, 2.45) is 0 Å². The van der Waals surface area contributed by atoms with Crippen molar-refractivity contribution in [1.82, 2.24) is 24.1 Å². The van der Waals surface area contributed by atoms with Gasteiger partial charge >= 0.3 is 0 Å². The third-order valence-corrected chi connectivity index (χ3v) is 6.62. The monoisotopic (exact) mass is 471 g/mol. The molecule has 176 valence electrons. The van der Waals surface area contributed by atoms with Gasteiger partial charge in [0, 0.05) is 18.8 Å². The van der Waals surface area contributed by atoms with Crippen LogP contribution in [0.5, 0.6) is 11.5 Å². The summed E-state index contributed by atoms with van der Waals surface area (Å²) in [6.45, 7) is 4.29. The Kier molecular flexibility index (Phi) is 6.83. The Morgan fingerprint density at radius 1 is 1.09 bits per heavy atom. The van der Waals surface area contributed by atoms with Crippen molar-refractivity contribution in [1.29, 1.82) is 0 Å². The fourth-order valence-corrected chi connectivity index (χ4v) is 4.40. The molecule has 4 rings (SSSR count). The van der Waals surface area contributed by atoms with E-state index in [0.29, 0.717) is 11.4 Å². The first-order chi connectivity index (χ1) is 15.8. The predicted molar refractivity (Wildman–Crippen MR) is 128 cm³/mol. The number of methoxy groups -OCH3 is 2. The summed E-state index contributed by atoms with van der Waals surface area (Å²) >= 11 is 5.84. The molecule has 2 aromatic carbocycles. The Hall–Kier alpha value is -2.75. The van der Waals surface area contributed by atoms with Crippen molar-refractivity contribution >= 4 is 12.2 Å². The lowest BCUT2D eigenvalue weighted by atomic mass is 9.99. The van der Waals surface area contributed by atoms with Crippen LogP contribution in [0.3, 0.4) is 0 Å². The summed E-state index contributed by atoms with van der Waals surface area (Å²) in [5.74, 6) is 2.03. The average Bonchev–Trinajstić information content (AvgIpc) is 3.13. The maximum Gasteiger partial charge on any atom is 0.203 e. The minimum atomic E-state index is -0.279. The van der Waals surface area contributed by atoms with Crippen LogP contribution in [0, 0.1) is 10.6 Å². The molecule has 3 aromatic rings. The first kappa shape index (κ1) is 23.4. The molecular formula is C24H30FN5O2S. The summed E-state index contributed by atoms with van der Waals surface area (Å²) in [7, 11) is 7.32. The van der Waals surface area contributed by atoms with E-state index in [0.717, 1.165) is 42.5 Å². The lowest BCUT2D eigenvalue weighted by Crippen LogP contribution is -2.33. The van der Waals surface area contributed by atoms with Gasteiger partial charge in [-0.3, -0.25) is 14.4 Å². The maximum absolute atomic E-state index is 13.5. The highest BCUT2D eigenvalue weighted by Gasteiger charge is 2.23. The first-order valence-electron chi connectivity index (χ1n) is 10.9. The van der Waals surface area contributed by atoms with Gasteiger partial charge in [0.2, 0.25) is 4.77 Å². The van der Waals surface area contributed by atoms with Crippen LogP contribution in [-0.2, 0) is 19.6 Å². The van der Waals surface area contributed by atoms with Crippen molar-refractivity contribution in [2.45, 2.75) is 32.6 Å². The summed E-state index contributed by atoms with van der Waals surface area (Å²) in [5, 5.41) is 4.89. The van der Waals surface area contributed by atoms with E-state index in [1.54, 1.807) is 26.4 Å². The molecule has 0 bridgehead atoms. The molecule has 0 fully saturated rings. The Morgan fingerprint density at radius 2 is 1.73 bits per heavy atom. The molecule has 0 amide bonds. The summed E-state index contributed by atoms with van der Waals surface area (Å²) < 4.78 is 28.9. The van der Waals surface area contributed by atoms with E-state index < -0.39 is 0 Å². The number of aromatic nitrogens is 3. The molecule has 1 aliphatic heterocycles. The zero-order chi connectivity index (χ0) is 23.7. The molecule has 0 aliphatic carbocycles. The van der Waals surface area contributed by atoms with Crippen LogP contribution in [-0.4, -0.2) is 59.0 Å². The number of hydrogen-bond donors (Lipinski definition) is 0. The number of nitrogens with zero attached hydrogens (tertiary/aromatic N) is 5. The van der Waals surface area contributed by atoms with Crippen molar-refractivity contribution < 1.29 is 13.9 Å². The van der Waals surface area contributed by atoms with Gasteiger partial charge in [0.15, 0.2) is 17.3 Å². The summed E-state index contributed by atoms with van der Waals surface area (Å²) in [4.78, 5) is 4.40. The second-order valence-corrected chi connectivity index (χ2v) is 8.88. The smallest absolute Gasteiger partial charge is 0.203 e. The topological polar surface area (TPSA) is 47.7 Å². The van der Waals surface area contributed by atoms with Crippen LogP contribution < -0.4 is 9.47 Å².